The van der Waals surface area contributed by atoms with Crippen molar-refractivity contribution in [3.05, 3.63) is 101 Å². The van der Waals surface area contributed by atoms with E-state index in [0.29, 0.717) is 37.8 Å². The van der Waals surface area contributed by atoms with Gasteiger partial charge in [-0.2, -0.15) is 30.6 Å². The average Bonchev–Trinajstić information content (AvgIpc) is 2.96. The van der Waals surface area contributed by atoms with E-state index in [1.165, 1.54) is 0 Å². The highest BCUT2D eigenvalue weighted by molar-refractivity contribution is 7.89. The van der Waals surface area contributed by atoms with Crippen LogP contribution in [-0.2, 0) is 40.3 Å². The first-order valence-corrected chi connectivity index (χ1v) is 15.2. The van der Waals surface area contributed by atoms with Crippen LogP contribution in [0.15, 0.2) is 77.7 Å². The molecule has 5 nitrogen and oxygen atoms in total. The molecule has 1 aliphatic carbocycles. The minimum atomic E-state index is -5.18. The molecule has 0 saturated heterocycles. The van der Waals surface area contributed by atoms with E-state index in [9.17, 15) is 39.6 Å². The molecule has 1 amide bonds. The minimum absolute atomic E-state index is 0.0768. The Labute approximate surface area is 247 Å². The smallest absolute Gasteiger partial charge is 0.338 e. The summed E-state index contributed by atoms with van der Waals surface area (Å²) in [4.78, 5) is 12.5. The van der Waals surface area contributed by atoms with E-state index in [-0.39, 0.29) is 43.2 Å². The first-order chi connectivity index (χ1) is 20.2. The van der Waals surface area contributed by atoms with Crippen LogP contribution in [0.4, 0.5) is 26.3 Å². The summed E-state index contributed by atoms with van der Waals surface area (Å²) in [6.45, 7) is 2.06. The maximum atomic E-state index is 13.8. The van der Waals surface area contributed by atoms with E-state index >= 15 is 0 Å². The molecule has 1 saturated carbocycles. The van der Waals surface area contributed by atoms with Gasteiger partial charge in [0.25, 0.3) is 0 Å². The van der Waals surface area contributed by atoms with Crippen LogP contribution in [0.3, 0.4) is 0 Å². The van der Waals surface area contributed by atoms with Crippen LogP contribution in [0.25, 0.3) is 0 Å². The predicted octanol–water partition coefficient (Wildman–Crippen LogP) is 7.44. The fourth-order valence-corrected chi connectivity index (χ4v) is 6.94. The van der Waals surface area contributed by atoms with Gasteiger partial charge >= 0.3 is 12.4 Å². The van der Waals surface area contributed by atoms with Crippen LogP contribution in [0.5, 0.6) is 0 Å². The number of carbonyl (C=O) groups is 1. The highest BCUT2D eigenvalue weighted by Gasteiger charge is 2.40. The van der Waals surface area contributed by atoms with Gasteiger partial charge in [0.05, 0.1) is 16.0 Å². The second kappa shape index (κ2) is 13.1. The lowest BCUT2D eigenvalue weighted by Gasteiger charge is -2.36. The van der Waals surface area contributed by atoms with Crippen LogP contribution >= 0.6 is 0 Å². The third-order valence-corrected chi connectivity index (χ3v) is 9.56. The fourth-order valence-electron chi connectivity index (χ4n) is 5.36. The molecule has 1 aliphatic rings. The lowest BCUT2D eigenvalue weighted by molar-refractivity contribution is -0.143. The number of rotatable bonds is 10. The average molecular weight is 627 g/mol. The van der Waals surface area contributed by atoms with Crippen molar-refractivity contribution in [1.29, 1.82) is 0 Å². The number of carbonyl (C=O) groups excluding carboxylic acids is 1. The van der Waals surface area contributed by atoms with Gasteiger partial charge in [0, 0.05) is 25.7 Å². The summed E-state index contributed by atoms with van der Waals surface area (Å²) in [6, 6.07) is 16.5. The molecule has 0 unspecified atom stereocenters. The number of hydrogen-bond donors (Lipinski definition) is 0. The van der Waals surface area contributed by atoms with Gasteiger partial charge in [-0.3, -0.25) is 4.79 Å². The summed E-state index contributed by atoms with van der Waals surface area (Å²) in [6.07, 6.45) is -7.36. The molecule has 3 aromatic rings. The number of alkyl halides is 6. The zero-order valence-electron chi connectivity index (χ0n) is 23.4. The molecule has 0 spiro atoms. The molecule has 3 aromatic carbocycles. The Kier molecular flexibility index (Phi) is 9.90. The monoisotopic (exact) mass is 626 g/mol. The topological polar surface area (TPSA) is 57.7 Å². The van der Waals surface area contributed by atoms with Crippen molar-refractivity contribution in [2.45, 2.75) is 69.0 Å². The van der Waals surface area contributed by atoms with Crippen LogP contribution < -0.4 is 0 Å². The molecule has 0 radical (unpaired) electrons. The summed E-state index contributed by atoms with van der Waals surface area (Å²) < 4.78 is 110. The molecule has 0 bridgehead atoms. The van der Waals surface area contributed by atoms with Gasteiger partial charge in [0.15, 0.2) is 0 Å². The van der Waals surface area contributed by atoms with Gasteiger partial charge in [-0.25, -0.2) is 8.42 Å². The van der Waals surface area contributed by atoms with E-state index in [2.05, 4.69) is 0 Å². The zero-order chi connectivity index (χ0) is 31.4. The number of nitrogens with zero attached hydrogens (tertiary/aromatic N) is 2. The summed E-state index contributed by atoms with van der Waals surface area (Å²) in [5.41, 5.74) is -0.781. The van der Waals surface area contributed by atoms with Crippen LogP contribution in [0.2, 0.25) is 0 Å². The molecule has 1 fully saturated rings. The molecule has 232 valence electrons. The fraction of sp³-hybridized carbons (Fsp3) is 0.387. The van der Waals surface area contributed by atoms with Gasteiger partial charge in [0.2, 0.25) is 16.4 Å². The lowest BCUT2D eigenvalue weighted by atomic mass is 9.85. The largest absolute Gasteiger partial charge is 0.416 e. The Hall–Kier alpha value is -3.38. The molecular weight excluding hydrogens is 594 g/mol. The van der Waals surface area contributed by atoms with Gasteiger partial charge < -0.3 is 4.90 Å². The van der Waals surface area contributed by atoms with Crippen LogP contribution in [0, 0.1) is 12.8 Å². The van der Waals surface area contributed by atoms with Crippen molar-refractivity contribution in [2.75, 3.05) is 6.54 Å². The van der Waals surface area contributed by atoms with Gasteiger partial charge in [-0.1, -0.05) is 60.2 Å². The molecule has 0 atom stereocenters. The second-order valence-electron chi connectivity index (χ2n) is 11.0. The summed E-state index contributed by atoms with van der Waals surface area (Å²) in [7, 11) is -4.78. The Bertz CT molecular complexity index is 1450. The minimum Gasteiger partial charge on any atom is -0.338 e. The van der Waals surface area contributed by atoms with E-state index in [1.807, 2.05) is 31.2 Å². The lowest BCUT2D eigenvalue weighted by Crippen LogP contribution is -2.40. The molecule has 0 aromatic heterocycles. The Morgan fingerprint density at radius 1 is 0.767 bits per heavy atom. The van der Waals surface area contributed by atoms with Crippen molar-refractivity contribution in [3.63, 3.8) is 0 Å². The van der Waals surface area contributed by atoms with Gasteiger partial charge in [-0.05, 0) is 67.9 Å². The number of aryl methyl sites for hydroxylation is 1. The third kappa shape index (κ3) is 8.38. The van der Waals surface area contributed by atoms with E-state index in [1.54, 1.807) is 35.2 Å². The molecule has 0 N–H and O–H groups in total. The molecular formula is C31H32F6N2O3S. The van der Waals surface area contributed by atoms with Gasteiger partial charge in [-0.15, -0.1) is 0 Å². The summed E-state index contributed by atoms with van der Waals surface area (Å²) >= 11 is 0. The van der Waals surface area contributed by atoms with Crippen molar-refractivity contribution < 1.29 is 39.6 Å². The Morgan fingerprint density at radius 3 is 1.81 bits per heavy atom. The Balaban J connectivity index is 1.57. The van der Waals surface area contributed by atoms with Crippen LogP contribution in [-0.4, -0.2) is 36.6 Å². The summed E-state index contributed by atoms with van der Waals surface area (Å²) in [5, 5.41) is 0. The third-order valence-electron chi connectivity index (χ3n) is 7.77. The highest BCUT2D eigenvalue weighted by atomic mass is 32.2. The molecule has 0 heterocycles. The van der Waals surface area contributed by atoms with E-state index < -0.39 is 38.4 Å². The molecule has 4 rings (SSSR count). The van der Waals surface area contributed by atoms with Gasteiger partial charge in [0.1, 0.15) is 0 Å². The van der Waals surface area contributed by atoms with Crippen molar-refractivity contribution in [2.24, 2.45) is 5.92 Å². The number of sulfonamides is 1. The van der Waals surface area contributed by atoms with Crippen molar-refractivity contribution in [3.8, 4) is 0 Å². The van der Waals surface area contributed by atoms with Crippen LogP contribution in [0.1, 0.15) is 53.5 Å². The second-order valence-corrected chi connectivity index (χ2v) is 12.9. The maximum Gasteiger partial charge on any atom is 0.416 e. The van der Waals surface area contributed by atoms with Crippen molar-refractivity contribution in [1.82, 2.24) is 9.21 Å². The summed E-state index contributed by atoms with van der Waals surface area (Å²) in [5.74, 6) is -0.213. The van der Waals surface area contributed by atoms with E-state index in [0.717, 1.165) is 21.8 Å². The van der Waals surface area contributed by atoms with Crippen molar-refractivity contribution >= 4 is 16.4 Å². The molecule has 0 aliphatic heterocycles. The first-order valence-electron chi connectivity index (χ1n) is 13.8. The first kappa shape index (κ1) is 32.5. The number of hydrogen-bond acceptors (Lipinski definition) is 3. The van der Waals surface area contributed by atoms with E-state index in [4.69, 9.17) is 0 Å². The Morgan fingerprint density at radius 2 is 1.30 bits per heavy atom. The highest BCUT2D eigenvalue weighted by Crippen LogP contribution is 2.38. The number of halogens is 6. The molecule has 12 heteroatoms. The quantitative estimate of drug-likeness (QED) is 0.174. The predicted molar refractivity (Wildman–Crippen MR) is 149 cm³/mol. The zero-order valence-corrected chi connectivity index (χ0v) is 24.2. The molecule has 43 heavy (non-hydrogen) atoms. The normalized spacial score (nSPS) is 18.0. The standard InChI is InChI=1S/C31H32F6N2O3S/c1-22-7-9-24(10-8-22)18-38(21-40)28-13-11-25(12-14-28)20-39(19-23-5-3-2-4-6-23)43(41,42)29-16-26(30(32,33)34)15-27(17-29)31(35,36)37/h2-10,15-17,21,25,28H,11-14,18-20H2,1H3. The number of benzene rings is 3. The maximum absolute atomic E-state index is 13.8. The number of amides is 1. The SMILES string of the molecule is Cc1ccc(CN(C=O)C2CCC(CN(Cc3ccccc3)S(=O)(=O)c3cc(C(F)(F)F)cc(C(F)(F)F)c3)CC2)cc1.